The first-order valence-electron chi connectivity index (χ1n) is 11.2. The van der Waals surface area contributed by atoms with Crippen LogP contribution in [0.1, 0.15) is 40.2 Å². The number of amides is 1. The third-order valence-corrected chi connectivity index (χ3v) is 6.24. The lowest BCUT2D eigenvalue weighted by Crippen LogP contribution is -2.47. The topological polar surface area (TPSA) is 62.5 Å². The van der Waals surface area contributed by atoms with E-state index < -0.39 is 5.91 Å². The Morgan fingerprint density at radius 3 is 2.03 bits per heavy atom. The Morgan fingerprint density at radius 1 is 0.909 bits per heavy atom. The third-order valence-electron chi connectivity index (χ3n) is 6.24. The van der Waals surface area contributed by atoms with Crippen LogP contribution in [-0.4, -0.2) is 48.5 Å². The van der Waals surface area contributed by atoms with Gasteiger partial charge in [0.05, 0.1) is 5.56 Å². The van der Waals surface area contributed by atoms with Crippen LogP contribution in [-0.2, 0) is 0 Å². The number of hydrogen-bond donors (Lipinski definition) is 1. The Hall–Kier alpha value is -3.32. The molecule has 0 bridgehead atoms. The number of anilines is 1. The summed E-state index contributed by atoms with van der Waals surface area (Å²) in [6.07, 6.45) is 3.51. The summed E-state index contributed by atoms with van der Waals surface area (Å²) in [5.41, 5.74) is 8.01. The Morgan fingerprint density at radius 2 is 1.48 bits per heavy atom. The van der Waals surface area contributed by atoms with E-state index in [1.807, 2.05) is 24.3 Å². The molecule has 1 aliphatic heterocycles. The van der Waals surface area contributed by atoms with Crippen molar-refractivity contribution >= 4 is 11.7 Å². The number of primary amides is 1. The minimum Gasteiger partial charge on any atom is -0.365 e. The number of pyridine rings is 1. The molecule has 5 nitrogen and oxygen atoms in total. The molecule has 2 N–H and O–H groups in total. The number of aromatic nitrogens is 1. The summed E-state index contributed by atoms with van der Waals surface area (Å²) >= 11 is 0. The lowest BCUT2D eigenvalue weighted by Gasteiger charge is -2.36. The van der Waals surface area contributed by atoms with E-state index in [4.69, 9.17) is 5.73 Å². The van der Waals surface area contributed by atoms with E-state index in [0.717, 1.165) is 56.7 Å². The molecule has 0 saturated carbocycles. The number of hydrogen-bond acceptors (Lipinski definition) is 4. The van der Waals surface area contributed by atoms with Gasteiger partial charge in [-0.1, -0.05) is 24.3 Å². The number of nitrogens with zero attached hydrogens (tertiary/aromatic N) is 3. The molecule has 1 saturated heterocycles. The fourth-order valence-electron chi connectivity index (χ4n) is 4.46. The van der Waals surface area contributed by atoms with Crippen LogP contribution in [0.4, 0.5) is 14.6 Å². The summed E-state index contributed by atoms with van der Waals surface area (Å²) in [5, 5.41) is 0. The minimum atomic E-state index is -0.465. The third kappa shape index (κ3) is 5.73. The van der Waals surface area contributed by atoms with E-state index in [1.54, 1.807) is 18.3 Å². The zero-order valence-corrected chi connectivity index (χ0v) is 18.5. The lowest BCUT2D eigenvalue weighted by atomic mass is 9.87. The van der Waals surface area contributed by atoms with Gasteiger partial charge in [0.15, 0.2) is 0 Å². The highest BCUT2D eigenvalue weighted by Gasteiger charge is 2.22. The van der Waals surface area contributed by atoms with Gasteiger partial charge in [0.1, 0.15) is 17.5 Å². The van der Waals surface area contributed by atoms with Gasteiger partial charge in [-0.25, -0.2) is 13.8 Å². The summed E-state index contributed by atoms with van der Waals surface area (Å²) in [6.45, 7) is 4.21. The normalized spacial score (nSPS) is 14.6. The van der Waals surface area contributed by atoms with Crippen molar-refractivity contribution in [2.24, 2.45) is 5.73 Å². The van der Waals surface area contributed by atoms with Crippen molar-refractivity contribution in [2.45, 2.75) is 18.8 Å². The van der Waals surface area contributed by atoms with Gasteiger partial charge in [-0.3, -0.25) is 9.69 Å². The summed E-state index contributed by atoms with van der Waals surface area (Å²) in [7, 11) is 0. The lowest BCUT2D eigenvalue weighted by molar-refractivity contribution is 0.1000. The molecule has 0 aliphatic carbocycles. The molecule has 1 aliphatic rings. The van der Waals surface area contributed by atoms with Gasteiger partial charge in [-0.2, -0.15) is 0 Å². The first-order chi connectivity index (χ1) is 16.0. The Bertz CT molecular complexity index is 1020. The van der Waals surface area contributed by atoms with E-state index in [0.29, 0.717) is 11.4 Å². The van der Waals surface area contributed by atoms with Crippen LogP contribution in [0.15, 0.2) is 66.9 Å². The van der Waals surface area contributed by atoms with Crippen molar-refractivity contribution in [3.05, 3.63) is 95.2 Å². The van der Waals surface area contributed by atoms with Crippen molar-refractivity contribution in [3.63, 3.8) is 0 Å². The first kappa shape index (κ1) is 22.9. The second-order valence-corrected chi connectivity index (χ2v) is 8.37. The molecule has 33 heavy (non-hydrogen) atoms. The molecule has 3 aromatic rings. The van der Waals surface area contributed by atoms with Crippen LogP contribution in [0.3, 0.4) is 0 Å². The van der Waals surface area contributed by atoms with Crippen molar-refractivity contribution < 1.29 is 13.6 Å². The molecule has 1 fully saturated rings. The molecule has 0 atom stereocenters. The number of carbonyl (C=O) groups is 1. The van der Waals surface area contributed by atoms with Gasteiger partial charge >= 0.3 is 0 Å². The number of nitrogens with two attached hydrogens (primary N) is 1. The van der Waals surface area contributed by atoms with Crippen LogP contribution >= 0.6 is 0 Å². The molecule has 0 radical (unpaired) electrons. The molecule has 2 heterocycles. The summed E-state index contributed by atoms with van der Waals surface area (Å²) in [6, 6.07) is 16.6. The van der Waals surface area contributed by atoms with Gasteiger partial charge in [0, 0.05) is 38.3 Å². The second-order valence-electron chi connectivity index (χ2n) is 8.37. The zero-order chi connectivity index (χ0) is 23.2. The van der Waals surface area contributed by atoms with Gasteiger partial charge < -0.3 is 10.6 Å². The standard InChI is InChI=1S/C26H28F2N4O/c27-21-9-5-19(6-10-21)23(20-7-11-22(28)12-8-20)4-2-14-31-15-17-32(18-16-31)26-24(25(29)33)3-1-13-30-26/h1,3,5-13,23H,2,4,14-18H2,(H2,29,33). The monoisotopic (exact) mass is 450 g/mol. The molecule has 1 amide bonds. The SMILES string of the molecule is NC(=O)c1cccnc1N1CCN(CCCC(c2ccc(F)cc2)c2ccc(F)cc2)CC1. The molecule has 0 unspecified atom stereocenters. The average molecular weight is 451 g/mol. The fourth-order valence-corrected chi connectivity index (χ4v) is 4.46. The minimum absolute atomic E-state index is 0.0825. The van der Waals surface area contributed by atoms with Crippen LogP contribution in [0.5, 0.6) is 0 Å². The molecule has 4 rings (SSSR count). The largest absolute Gasteiger partial charge is 0.365 e. The average Bonchev–Trinajstić information content (AvgIpc) is 2.84. The van der Waals surface area contributed by atoms with Gasteiger partial charge in [0.2, 0.25) is 0 Å². The van der Waals surface area contributed by atoms with E-state index in [1.165, 1.54) is 24.3 Å². The highest BCUT2D eigenvalue weighted by atomic mass is 19.1. The van der Waals surface area contributed by atoms with E-state index in [9.17, 15) is 13.6 Å². The van der Waals surface area contributed by atoms with Crippen molar-refractivity contribution in [1.29, 1.82) is 0 Å². The maximum Gasteiger partial charge on any atom is 0.252 e. The molecule has 1 aromatic heterocycles. The smallest absolute Gasteiger partial charge is 0.252 e. The van der Waals surface area contributed by atoms with Crippen LogP contribution in [0.25, 0.3) is 0 Å². The van der Waals surface area contributed by atoms with Crippen molar-refractivity contribution in [2.75, 3.05) is 37.6 Å². The van der Waals surface area contributed by atoms with Crippen LogP contribution in [0.2, 0.25) is 0 Å². The number of benzene rings is 2. The van der Waals surface area contributed by atoms with Gasteiger partial charge in [-0.05, 0) is 66.9 Å². The molecule has 172 valence electrons. The van der Waals surface area contributed by atoms with Gasteiger partial charge in [-0.15, -0.1) is 0 Å². The predicted octanol–water partition coefficient (Wildman–Crippen LogP) is 4.19. The maximum absolute atomic E-state index is 13.4. The molecule has 2 aromatic carbocycles. The number of halogens is 2. The molecular formula is C26H28F2N4O. The maximum atomic E-state index is 13.4. The Balaban J connectivity index is 1.35. The Kier molecular flexibility index (Phi) is 7.29. The summed E-state index contributed by atoms with van der Waals surface area (Å²) in [4.78, 5) is 20.6. The highest BCUT2D eigenvalue weighted by Crippen LogP contribution is 2.30. The molecular weight excluding hydrogens is 422 g/mol. The number of piperazine rings is 1. The predicted molar refractivity (Wildman–Crippen MR) is 125 cm³/mol. The number of rotatable bonds is 8. The van der Waals surface area contributed by atoms with Crippen LogP contribution in [0, 0.1) is 11.6 Å². The van der Waals surface area contributed by atoms with Crippen LogP contribution < -0.4 is 10.6 Å². The van der Waals surface area contributed by atoms with E-state index in [2.05, 4.69) is 14.8 Å². The Labute approximate surface area is 192 Å². The summed E-state index contributed by atoms with van der Waals surface area (Å²) in [5.74, 6) is -0.256. The highest BCUT2D eigenvalue weighted by molar-refractivity contribution is 5.97. The molecule has 7 heteroatoms. The van der Waals surface area contributed by atoms with E-state index >= 15 is 0 Å². The van der Waals surface area contributed by atoms with Crippen molar-refractivity contribution in [1.82, 2.24) is 9.88 Å². The zero-order valence-electron chi connectivity index (χ0n) is 18.5. The summed E-state index contributed by atoms with van der Waals surface area (Å²) < 4.78 is 26.9. The van der Waals surface area contributed by atoms with Gasteiger partial charge in [0.25, 0.3) is 5.91 Å². The first-order valence-corrected chi connectivity index (χ1v) is 11.2. The molecule has 0 spiro atoms. The quantitative estimate of drug-likeness (QED) is 0.559. The fraction of sp³-hybridized carbons (Fsp3) is 0.308. The van der Waals surface area contributed by atoms with E-state index in [-0.39, 0.29) is 17.6 Å². The number of carbonyl (C=O) groups excluding carboxylic acids is 1. The van der Waals surface area contributed by atoms with Crippen molar-refractivity contribution in [3.8, 4) is 0 Å². The second kappa shape index (κ2) is 10.5.